The van der Waals surface area contributed by atoms with E-state index in [9.17, 15) is 8.42 Å². The number of nitrogens with two attached hydrogens (primary N) is 1. The molecular formula is C13H27N3O2S. The van der Waals surface area contributed by atoms with Crippen LogP contribution in [0.25, 0.3) is 0 Å². The highest BCUT2D eigenvalue weighted by Gasteiger charge is 2.22. The number of hydrogen-bond donors (Lipinski definition) is 2. The van der Waals surface area contributed by atoms with Gasteiger partial charge < -0.3 is 4.90 Å². The van der Waals surface area contributed by atoms with E-state index in [0.717, 1.165) is 18.9 Å². The molecule has 0 aromatic carbocycles. The molecule has 1 saturated heterocycles. The fourth-order valence-corrected chi connectivity index (χ4v) is 3.89. The molecule has 0 radical (unpaired) electrons. The molecule has 1 aliphatic heterocycles. The van der Waals surface area contributed by atoms with Crippen LogP contribution in [0.3, 0.4) is 0 Å². The molecule has 112 valence electrons. The fourth-order valence-electron chi connectivity index (χ4n) is 3.42. The summed E-state index contributed by atoms with van der Waals surface area (Å²) in [7, 11) is -3.53. The lowest BCUT2D eigenvalue weighted by Crippen LogP contribution is -2.42. The van der Waals surface area contributed by atoms with Crippen molar-refractivity contribution >= 4 is 10.2 Å². The molecule has 6 heteroatoms. The van der Waals surface area contributed by atoms with E-state index in [1.54, 1.807) is 0 Å². The minimum Gasteiger partial charge on any atom is -0.303 e. The van der Waals surface area contributed by atoms with Crippen LogP contribution in [-0.2, 0) is 10.2 Å². The zero-order chi connectivity index (χ0) is 13.7. The quantitative estimate of drug-likeness (QED) is 0.768. The van der Waals surface area contributed by atoms with Crippen molar-refractivity contribution < 1.29 is 8.42 Å². The molecule has 0 aromatic rings. The van der Waals surface area contributed by atoms with E-state index in [1.165, 1.54) is 51.6 Å². The lowest BCUT2D eigenvalue weighted by molar-refractivity contribution is 0.166. The molecule has 2 rings (SSSR count). The SMILES string of the molecule is NS(=O)(=O)NC[C@@H]1CCCN(CCC2CCCC2)C1. The average molecular weight is 289 g/mol. The van der Waals surface area contributed by atoms with Crippen molar-refractivity contribution in [3.05, 3.63) is 0 Å². The number of nitrogens with zero attached hydrogens (tertiary/aromatic N) is 1. The van der Waals surface area contributed by atoms with Crippen molar-refractivity contribution in [1.82, 2.24) is 9.62 Å². The van der Waals surface area contributed by atoms with Crippen molar-refractivity contribution in [2.24, 2.45) is 17.0 Å². The van der Waals surface area contributed by atoms with Gasteiger partial charge in [-0.25, -0.2) is 9.86 Å². The van der Waals surface area contributed by atoms with Crippen LogP contribution in [0.2, 0.25) is 0 Å². The molecule has 2 fully saturated rings. The Morgan fingerprint density at radius 3 is 2.47 bits per heavy atom. The molecular weight excluding hydrogens is 262 g/mol. The Bertz CT molecular complexity index is 366. The van der Waals surface area contributed by atoms with Crippen LogP contribution >= 0.6 is 0 Å². The summed E-state index contributed by atoms with van der Waals surface area (Å²) in [6.45, 7) is 3.84. The second kappa shape index (κ2) is 7.02. The van der Waals surface area contributed by atoms with E-state index in [0.29, 0.717) is 12.5 Å². The van der Waals surface area contributed by atoms with E-state index in [-0.39, 0.29) is 0 Å². The highest BCUT2D eigenvalue weighted by molar-refractivity contribution is 7.87. The van der Waals surface area contributed by atoms with Gasteiger partial charge in [0.2, 0.25) is 0 Å². The van der Waals surface area contributed by atoms with Crippen LogP contribution in [0, 0.1) is 11.8 Å². The van der Waals surface area contributed by atoms with Crippen LogP contribution in [-0.4, -0.2) is 39.5 Å². The van der Waals surface area contributed by atoms with Gasteiger partial charge in [0.1, 0.15) is 0 Å². The number of piperidine rings is 1. The van der Waals surface area contributed by atoms with Gasteiger partial charge in [0, 0.05) is 13.1 Å². The number of hydrogen-bond acceptors (Lipinski definition) is 3. The summed E-state index contributed by atoms with van der Waals surface area (Å²) >= 11 is 0. The molecule has 1 saturated carbocycles. The second-order valence-corrected chi connectivity index (χ2v) is 7.52. The van der Waals surface area contributed by atoms with Gasteiger partial charge in [0.25, 0.3) is 10.2 Å². The zero-order valence-corrected chi connectivity index (χ0v) is 12.5. The van der Waals surface area contributed by atoms with E-state index >= 15 is 0 Å². The van der Waals surface area contributed by atoms with Crippen LogP contribution in [0.1, 0.15) is 44.9 Å². The molecule has 5 nitrogen and oxygen atoms in total. The predicted molar refractivity (Wildman–Crippen MR) is 76.8 cm³/mol. The van der Waals surface area contributed by atoms with Gasteiger partial charge >= 0.3 is 0 Å². The Balaban J connectivity index is 1.67. The first-order chi connectivity index (χ1) is 9.03. The highest BCUT2D eigenvalue weighted by Crippen LogP contribution is 2.28. The molecule has 0 aromatic heterocycles. The Kier molecular flexibility index (Phi) is 5.62. The predicted octanol–water partition coefficient (Wildman–Crippen LogP) is 1.07. The summed E-state index contributed by atoms with van der Waals surface area (Å²) in [6, 6.07) is 0. The third kappa shape index (κ3) is 5.77. The molecule has 1 heterocycles. The van der Waals surface area contributed by atoms with Crippen LogP contribution in [0.5, 0.6) is 0 Å². The van der Waals surface area contributed by atoms with E-state index in [2.05, 4.69) is 9.62 Å². The third-order valence-corrected chi connectivity index (χ3v) is 5.07. The van der Waals surface area contributed by atoms with E-state index in [1.807, 2.05) is 0 Å². The molecule has 0 spiro atoms. The van der Waals surface area contributed by atoms with Crippen LogP contribution in [0.4, 0.5) is 0 Å². The van der Waals surface area contributed by atoms with Gasteiger partial charge in [-0.1, -0.05) is 25.7 Å². The van der Waals surface area contributed by atoms with Crippen molar-refractivity contribution in [1.29, 1.82) is 0 Å². The van der Waals surface area contributed by atoms with Crippen LogP contribution in [0.15, 0.2) is 0 Å². The topological polar surface area (TPSA) is 75.4 Å². The zero-order valence-electron chi connectivity index (χ0n) is 11.7. The lowest BCUT2D eigenvalue weighted by Gasteiger charge is -2.33. The Morgan fingerprint density at radius 2 is 1.79 bits per heavy atom. The molecule has 0 amide bonds. The first-order valence-electron chi connectivity index (χ1n) is 7.52. The molecule has 19 heavy (non-hydrogen) atoms. The summed E-state index contributed by atoms with van der Waals surface area (Å²) in [5.41, 5.74) is 0. The second-order valence-electron chi connectivity index (χ2n) is 6.14. The largest absolute Gasteiger partial charge is 0.303 e. The smallest absolute Gasteiger partial charge is 0.274 e. The van der Waals surface area contributed by atoms with Gasteiger partial charge in [-0.2, -0.15) is 8.42 Å². The molecule has 2 aliphatic rings. The number of nitrogens with one attached hydrogen (secondary N) is 1. The van der Waals surface area contributed by atoms with Gasteiger partial charge in [-0.05, 0) is 44.2 Å². The maximum absolute atomic E-state index is 10.9. The number of likely N-dealkylation sites (tertiary alicyclic amines) is 1. The number of rotatable bonds is 6. The Hall–Kier alpha value is -0.170. The minimum absolute atomic E-state index is 0.413. The van der Waals surface area contributed by atoms with Crippen molar-refractivity contribution in [2.75, 3.05) is 26.2 Å². The summed E-state index contributed by atoms with van der Waals surface area (Å²) in [6.07, 6.45) is 9.21. The lowest BCUT2D eigenvalue weighted by atomic mass is 9.97. The molecule has 0 bridgehead atoms. The first kappa shape index (κ1) is 15.2. The van der Waals surface area contributed by atoms with E-state index in [4.69, 9.17) is 5.14 Å². The summed E-state index contributed by atoms with van der Waals surface area (Å²) in [4.78, 5) is 2.50. The molecule has 3 N–H and O–H groups in total. The Labute approximate surface area is 117 Å². The van der Waals surface area contributed by atoms with Gasteiger partial charge in [-0.3, -0.25) is 0 Å². The molecule has 0 unspecified atom stereocenters. The van der Waals surface area contributed by atoms with Crippen molar-refractivity contribution in [3.63, 3.8) is 0 Å². The minimum atomic E-state index is -3.53. The average Bonchev–Trinajstić information content (AvgIpc) is 2.87. The van der Waals surface area contributed by atoms with Crippen molar-refractivity contribution in [2.45, 2.75) is 44.9 Å². The standard InChI is InChI=1S/C13H27N3O2S/c14-19(17,18)15-10-13-6-3-8-16(11-13)9-7-12-4-1-2-5-12/h12-13,15H,1-11H2,(H2,14,17,18)/t13-/m0/s1. The Morgan fingerprint density at radius 1 is 1.11 bits per heavy atom. The maximum atomic E-state index is 10.9. The van der Waals surface area contributed by atoms with Crippen molar-refractivity contribution in [3.8, 4) is 0 Å². The fraction of sp³-hybridized carbons (Fsp3) is 1.00. The monoisotopic (exact) mass is 289 g/mol. The van der Waals surface area contributed by atoms with Gasteiger partial charge in [0.05, 0.1) is 0 Å². The van der Waals surface area contributed by atoms with Gasteiger partial charge in [0.15, 0.2) is 0 Å². The summed E-state index contributed by atoms with van der Waals surface area (Å²) in [5, 5.41) is 4.98. The third-order valence-electron chi connectivity index (χ3n) is 4.50. The first-order valence-corrected chi connectivity index (χ1v) is 9.07. The normalized spacial score (nSPS) is 26.9. The molecule has 1 atom stereocenters. The summed E-state index contributed by atoms with van der Waals surface area (Å²) in [5.74, 6) is 1.35. The molecule has 1 aliphatic carbocycles. The maximum Gasteiger partial charge on any atom is 0.274 e. The van der Waals surface area contributed by atoms with Crippen LogP contribution < -0.4 is 9.86 Å². The van der Waals surface area contributed by atoms with E-state index < -0.39 is 10.2 Å². The van der Waals surface area contributed by atoms with Gasteiger partial charge in [-0.15, -0.1) is 0 Å². The summed E-state index contributed by atoms with van der Waals surface area (Å²) < 4.78 is 24.2. The highest BCUT2D eigenvalue weighted by atomic mass is 32.2.